The summed E-state index contributed by atoms with van der Waals surface area (Å²) in [4.78, 5) is 9.63. The minimum absolute atomic E-state index is 0. The number of hydrogen-bond acceptors (Lipinski definition) is 2. The van der Waals surface area contributed by atoms with E-state index in [0.29, 0.717) is 5.92 Å². The van der Waals surface area contributed by atoms with Crippen LogP contribution in [-0.2, 0) is 11.8 Å². The van der Waals surface area contributed by atoms with Crippen LogP contribution in [0.2, 0.25) is 0 Å². The van der Waals surface area contributed by atoms with E-state index in [1.165, 1.54) is 12.8 Å². The first-order valence-corrected chi connectivity index (χ1v) is 9.01. The van der Waals surface area contributed by atoms with Crippen LogP contribution in [0.3, 0.4) is 0 Å². The maximum Gasteiger partial charge on any atom is 0.116 e. The fourth-order valence-corrected chi connectivity index (χ4v) is 4.31. The zero-order valence-electron chi connectivity index (χ0n) is 8.52. The van der Waals surface area contributed by atoms with Crippen LogP contribution in [0, 0.1) is 5.92 Å². The summed E-state index contributed by atoms with van der Waals surface area (Å²) in [7, 11) is 0. The first-order valence-electron chi connectivity index (χ1n) is 4.48. The monoisotopic (exact) mass is 262 g/mol. The molecule has 0 rings (SSSR count). The summed E-state index contributed by atoms with van der Waals surface area (Å²) in [5.74, 6) is 1.72. The standard InChI is InChI=1S/C8H19OPS2.ClH/c1-4-6-8(3)7-12-10(9,11)5-2;/h8H,4-7H2,1-3H3,(H,9,11);1H. The summed E-state index contributed by atoms with van der Waals surface area (Å²) in [5.41, 5.74) is -2.00. The molecule has 0 aromatic heterocycles. The lowest BCUT2D eigenvalue weighted by Crippen LogP contribution is -1.97. The molecule has 0 saturated heterocycles. The molecule has 82 valence electrons. The van der Waals surface area contributed by atoms with Crippen molar-refractivity contribution in [3.8, 4) is 0 Å². The third-order valence-corrected chi connectivity index (χ3v) is 7.82. The van der Waals surface area contributed by atoms with Crippen LogP contribution in [0.25, 0.3) is 0 Å². The van der Waals surface area contributed by atoms with E-state index in [2.05, 4.69) is 13.8 Å². The Balaban J connectivity index is 0. The Bertz CT molecular complexity index is 166. The number of hydrogen-bond donors (Lipinski definition) is 1. The highest BCUT2D eigenvalue weighted by atomic mass is 35.5. The van der Waals surface area contributed by atoms with Gasteiger partial charge in [0, 0.05) is 11.9 Å². The summed E-state index contributed by atoms with van der Waals surface area (Å²) in [6.07, 6.45) is 3.22. The van der Waals surface area contributed by atoms with E-state index in [1.54, 1.807) is 11.4 Å². The molecule has 1 N–H and O–H groups in total. The van der Waals surface area contributed by atoms with Crippen molar-refractivity contribution in [3.05, 3.63) is 0 Å². The molecule has 0 radical (unpaired) electrons. The van der Waals surface area contributed by atoms with Crippen molar-refractivity contribution in [2.24, 2.45) is 5.92 Å². The lowest BCUT2D eigenvalue weighted by atomic mass is 10.1. The minimum atomic E-state index is -2.00. The molecule has 0 aromatic carbocycles. The topological polar surface area (TPSA) is 20.2 Å². The summed E-state index contributed by atoms with van der Waals surface area (Å²) >= 11 is 6.69. The SMILES string of the molecule is CCCC(C)CSP(O)(=S)CC.Cl. The van der Waals surface area contributed by atoms with E-state index in [4.69, 9.17) is 11.8 Å². The molecule has 0 fully saturated rings. The van der Waals surface area contributed by atoms with Gasteiger partial charge in [0.1, 0.15) is 5.47 Å². The highest BCUT2D eigenvalue weighted by molar-refractivity contribution is 8.69. The van der Waals surface area contributed by atoms with Crippen molar-refractivity contribution in [1.82, 2.24) is 0 Å². The van der Waals surface area contributed by atoms with Crippen molar-refractivity contribution in [2.75, 3.05) is 11.9 Å². The quantitative estimate of drug-likeness (QED) is 0.733. The van der Waals surface area contributed by atoms with E-state index in [0.717, 1.165) is 11.9 Å². The van der Waals surface area contributed by atoms with Crippen LogP contribution in [0.1, 0.15) is 33.6 Å². The van der Waals surface area contributed by atoms with Gasteiger partial charge in [-0.15, -0.1) is 12.4 Å². The van der Waals surface area contributed by atoms with Crippen molar-refractivity contribution in [3.63, 3.8) is 0 Å². The lowest BCUT2D eigenvalue weighted by molar-refractivity contribution is 0.585. The van der Waals surface area contributed by atoms with E-state index >= 15 is 0 Å². The van der Waals surface area contributed by atoms with Gasteiger partial charge < -0.3 is 4.89 Å². The minimum Gasteiger partial charge on any atom is -0.357 e. The molecule has 0 bridgehead atoms. The highest BCUT2D eigenvalue weighted by Gasteiger charge is 2.12. The van der Waals surface area contributed by atoms with Gasteiger partial charge in [-0.05, 0) is 5.92 Å². The molecule has 0 aliphatic heterocycles. The zero-order valence-corrected chi connectivity index (χ0v) is 11.9. The van der Waals surface area contributed by atoms with Gasteiger partial charge in [-0.1, -0.05) is 56.8 Å². The zero-order chi connectivity index (χ0) is 9.61. The molecule has 1 nitrogen and oxygen atoms in total. The molecule has 0 amide bonds. The Labute approximate surface area is 97.3 Å². The fourth-order valence-electron chi connectivity index (χ4n) is 0.911. The first kappa shape index (κ1) is 16.7. The predicted octanol–water partition coefficient (Wildman–Crippen LogP) is 3.90. The summed E-state index contributed by atoms with van der Waals surface area (Å²) < 4.78 is 0. The average Bonchev–Trinajstić information content (AvgIpc) is 2.02. The molecule has 0 aromatic rings. The average molecular weight is 263 g/mol. The Kier molecular flexibility index (Phi) is 11.0. The van der Waals surface area contributed by atoms with Crippen LogP contribution >= 0.6 is 29.3 Å². The molecular formula is C8H20ClOPS2. The normalized spacial score (nSPS) is 17.2. The predicted molar refractivity (Wildman–Crippen MR) is 70.8 cm³/mol. The molecule has 0 aliphatic carbocycles. The van der Waals surface area contributed by atoms with E-state index in [1.807, 2.05) is 6.92 Å². The van der Waals surface area contributed by atoms with Gasteiger partial charge in [0.15, 0.2) is 0 Å². The van der Waals surface area contributed by atoms with Gasteiger partial charge >= 0.3 is 0 Å². The second kappa shape index (κ2) is 8.55. The van der Waals surface area contributed by atoms with Crippen molar-refractivity contribution in [2.45, 2.75) is 33.6 Å². The van der Waals surface area contributed by atoms with E-state index < -0.39 is 5.47 Å². The van der Waals surface area contributed by atoms with Crippen molar-refractivity contribution in [1.29, 1.82) is 0 Å². The molecule has 13 heavy (non-hydrogen) atoms. The van der Waals surface area contributed by atoms with Crippen LogP contribution < -0.4 is 0 Å². The van der Waals surface area contributed by atoms with Crippen molar-refractivity contribution < 1.29 is 4.89 Å². The molecule has 0 spiro atoms. The third kappa shape index (κ3) is 9.55. The Morgan fingerprint density at radius 2 is 2.00 bits per heavy atom. The van der Waals surface area contributed by atoms with E-state index in [9.17, 15) is 4.89 Å². The fraction of sp³-hybridized carbons (Fsp3) is 1.00. The molecule has 0 aliphatic rings. The highest BCUT2D eigenvalue weighted by Crippen LogP contribution is 2.55. The molecule has 5 heteroatoms. The summed E-state index contributed by atoms with van der Waals surface area (Å²) in [6, 6.07) is 0. The molecule has 0 saturated carbocycles. The van der Waals surface area contributed by atoms with Crippen LogP contribution in [0.15, 0.2) is 0 Å². The molecular weight excluding hydrogens is 243 g/mol. The van der Waals surface area contributed by atoms with Gasteiger partial charge in [-0.25, -0.2) is 0 Å². The van der Waals surface area contributed by atoms with Gasteiger partial charge in [0.05, 0.1) is 0 Å². The van der Waals surface area contributed by atoms with Crippen molar-refractivity contribution >= 4 is 41.1 Å². The van der Waals surface area contributed by atoms with Crippen LogP contribution in [-0.4, -0.2) is 16.8 Å². The molecule has 2 atom stereocenters. The van der Waals surface area contributed by atoms with Crippen LogP contribution in [0.5, 0.6) is 0 Å². The third-order valence-electron chi connectivity index (χ3n) is 1.74. The van der Waals surface area contributed by atoms with Gasteiger partial charge in [0.2, 0.25) is 0 Å². The molecule has 0 heterocycles. The maximum atomic E-state index is 9.63. The van der Waals surface area contributed by atoms with Gasteiger partial charge in [-0.2, -0.15) is 0 Å². The molecule has 2 unspecified atom stereocenters. The number of halogens is 1. The first-order chi connectivity index (χ1) is 5.52. The van der Waals surface area contributed by atoms with Crippen LogP contribution in [0.4, 0.5) is 0 Å². The Hall–Kier alpha value is 1.25. The second-order valence-electron chi connectivity index (χ2n) is 3.14. The van der Waals surface area contributed by atoms with Gasteiger partial charge in [-0.3, -0.25) is 0 Å². The largest absolute Gasteiger partial charge is 0.357 e. The maximum absolute atomic E-state index is 9.63. The van der Waals surface area contributed by atoms with E-state index in [-0.39, 0.29) is 12.4 Å². The Morgan fingerprint density at radius 1 is 1.46 bits per heavy atom. The second-order valence-corrected chi connectivity index (χ2v) is 10.7. The summed E-state index contributed by atoms with van der Waals surface area (Å²) in [5, 5.41) is 0. The Morgan fingerprint density at radius 3 is 2.38 bits per heavy atom. The number of rotatable bonds is 6. The smallest absolute Gasteiger partial charge is 0.116 e. The summed E-state index contributed by atoms with van der Waals surface area (Å²) in [6.45, 7) is 6.38. The lowest BCUT2D eigenvalue weighted by Gasteiger charge is -2.15. The van der Waals surface area contributed by atoms with Gasteiger partial charge in [0.25, 0.3) is 0 Å².